The fourth-order valence-corrected chi connectivity index (χ4v) is 4.59. The molecule has 2 aromatic rings. The molecule has 1 saturated heterocycles. The quantitative estimate of drug-likeness (QED) is 0.468. The molecule has 36 heavy (non-hydrogen) atoms. The molecule has 0 spiro atoms. The first-order valence-electron chi connectivity index (χ1n) is 12.6. The average Bonchev–Trinajstić information content (AvgIpc) is 2.90. The summed E-state index contributed by atoms with van der Waals surface area (Å²) in [7, 11) is 0. The Morgan fingerprint density at radius 3 is 2.25 bits per heavy atom. The molecule has 0 bridgehead atoms. The molecule has 0 radical (unpaired) electrons. The number of nitrogens with zero attached hydrogens (tertiary/aromatic N) is 1. The molecule has 9 nitrogen and oxygen atoms in total. The van der Waals surface area contributed by atoms with Crippen molar-refractivity contribution in [2.45, 2.75) is 64.2 Å². The van der Waals surface area contributed by atoms with Crippen LogP contribution in [0.4, 0.5) is 0 Å². The van der Waals surface area contributed by atoms with Gasteiger partial charge >= 0.3 is 11.9 Å². The zero-order valence-corrected chi connectivity index (χ0v) is 20.6. The highest BCUT2D eigenvalue weighted by Crippen LogP contribution is 2.27. The predicted octanol–water partition coefficient (Wildman–Crippen LogP) is 3.67. The smallest absolute Gasteiger partial charge is 0.414 e. The number of pyridine rings is 1. The van der Waals surface area contributed by atoms with Gasteiger partial charge in [-0.3, -0.25) is 9.69 Å². The summed E-state index contributed by atoms with van der Waals surface area (Å²) in [5.74, 6) is -1.97. The summed E-state index contributed by atoms with van der Waals surface area (Å²) in [6, 6.07) is 12.1. The summed E-state index contributed by atoms with van der Waals surface area (Å²) in [5.41, 5.74) is 1.99. The summed E-state index contributed by atoms with van der Waals surface area (Å²) in [4.78, 5) is 35.2. The number of piperidine rings is 1. The molecule has 2 fully saturated rings. The van der Waals surface area contributed by atoms with E-state index in [2.05, 4.69) is 28.1 Å². The van der Waals surface area contributed by atoms with E-state index in [1.54, 1.807) is 6.20 Å². The Morgan fingerprint density at radius 1 is 0.917 bits per heavy atom. The minimum Gasteiger partial charge on any atom is -0.493 e. The lowest BCUT2D eigenvalue weighted by Gasteiger charge is -2.31. The molecule has 0 atom stereocenters. The van der Waals surface area contributed by atoms with Crippen molar-refractivity contribution in [3.8, 4) is 5.75 Å². The van der Waals surface area contributed by atoms with Gasteiger partial charge in [0.05, 0.1) is 19.3 Å². The lowest BCUT2D eigenvalue weighted by Crippen LogP contribution is -2.37. The van der Waals surface area contributed by atoms with E-state index in [-0.39, 0.29) is 11.7 Å². The van der Waals surface area contributed by atoms with Crippen LogP contribution < -0.4 is 10.3 Å². The predicted molar refractivity (Wildman–Crippen MR) is 134 cm³/mol. The molecule has 1 aliphatic carbocycles. The SMILES string of the molecule is O=C(O)C(=O)O.O=c1[nH]cccc1CN1CCC(OCc2ccccc2OCC2CCCCC2)CC1. The van der Waals surface area contributed by atoms with Crippen LogP contribution in [-0.2, 0) is 27.5 Å². The maximum atomic E-state index is 11.9. The molecule has 1 aliphatic heterocycles. The van der Waals surface area contributed by atoms with Crippen molar-refractivity contribution in [3.05, 3.63) is 64.1 Å². The largest absolute Gasteiger partial charge is 0.493 e. The number of likely N-dealkylation sites (tertiary alicyclic amines) is 1. The Kier molecular flexibility index (Phi) is 11.0. The number of aromatic nitrogens is 1. The maximum absolute atomic E-state index is 11.9. The van der Waals surface area contributed by atoms with Crippen LogP contribution in [-0.4, -0.2) is 57.8 Å². The average molecular weight is 501 g/mol. The van der Waals surface area contributed by atoms with Crippen molar-refractivity contribution in [2.24, 2.45) is 5.92 Å². The lowest BCUT2D eigenvalue weighted by molar-refractivity contribution is -0.159. The van der Waals surface area contributed by atoms with Crippen LogP contribution in [0.3, 0.4) is 0 Å². The Labute approximate surface area is 211 Å². The van der Waals surface area contributed by atoms with Crippen molar-refractivity contribution in [1.29, 1.82) is 0 Å². The molecular formula is C27H36N2O7. The number of hydrogen-bond acceptors (Lipinski definition) is 6. The number of aliphatic carboxylic acids is 2. The van der Waals surface area contributed by atoms with E-state index in [9.17, 15) is 4.79 Å². The number of carboxylic acids is 2. The molecule has 3 N–H and O–H groups in total. The van der Waals surface area contributed by atoms with E-state index in [0.717, 1.165) is 49.4 Å². The number of aromatic amines is 1. The molecule has 9 heteroatoms. The van der Waals surface area contributed by atoms with Gasteiger partial charge in [-0.15, -0.1) is 0 Å². The third-order valence-corrected chi connectivity index (χ3v) is 6.66. The second-order valence-corrected chi connectivity index (χ2v) is 9.34. The molecule has 1 aromatic carbocycles. The fraction of sp³-hybridized carbons (Fsp3) is 0.519. The number of rotatable bonds is 8. The molecule has 1 saturated carbocycles. The second-order valence-electron chi connectivity index (χ2n) is 9.34. The van der Waals surface area contributed by atoms with Gasteiger partial charge in [0.2, 0.25) is 0 Å². The molecule has 2 aliphatic rings. The number of ether oxygens (including phenoxy) is 2. The third-order valence-electron chi connectivity index (χ3n) is 6.66. The van der Waals surface area contributed by atoms with Gasteiger partial charge in [-0.05, 0) is 43.7 Å². The van der Waals surface area contributed by atoms with E-state index in [1.165, 1.54) is 32.1 Å². The summed E-state index contributed by atoms with van der Waals surface area (Å²) < 4.78 is 12.4. The number of carbonyl (C=O) groups is 2. The van der Waals surface area contributed by atoms with Gasteiger partial charge in [0, 0.05) is 37.0 Å². The number of H-pyrrole nitrogens is 1. The van der Waals surface area contributed by atoms with Gasteiger partial charge in [0.25, 0.3) is 5.56 Å². The van der Waals surface area contributed by atoms with Crippen LogP contribution in [0, 0.1) is 5.92 Å². The van der Waals surface area contributed by atoms with Gasteiger partial charge in [0.1, 0.15) is 5.75 Å². The molecular weight excluding hydrogens is 464 g/mol. The van der Waals surface area contributed by atoms with Crippen LogP contribution in [0.25, 0.3) is 0 Å². The molecule has 196 valence electrons. The van der Waals surface area contributed by atoms with Crippen molar-refractivity contribution in [2.75, 3.05) is 19.7 Å². The van der Waals surface area contributed by atoms with Crippen molar-refractivity contribution >= 4 is 11.9 Å². The van der Waals surface area contributed by atoms with E-state index in [4.69, 9.17) is 29.3 Å². The van der Waals surface area contributed by atoms with Crippen molar-refractivity contribution in [3.63, 3.8) is 0 Å². The van der Waals surface area contributed by atoms with Gasteiger partial charge in [-0.1, -0.05) is 43.5 Å². The minimum absolute atomic E-state index is 0.0145. The van der Waals surface area contributed by atoms with Crippen LogP contribution in [0.2, 0.25) is 0 Å². The van der Waals surface area contributed by atoms with Crippen LogP contribution >= 0.6 is 0 Å². The Hall–Kier alpha value is -3.17. The zero-order chi connectivity index (χ0) is 25.8. The van der Waals surface area contributed by atoms with Crippen molar-refractivity contribution < 1.29 is 29.3 Å². The highest BCUT2D eigenvalue weighted by atomic mass is 16.5. The highest BCUT2D eigenvalue weighted by Gasteiger charge is 2.21. The fourth-order valence-electron chi connectivity index (χ4n) is 4.59. The Balaban J connectivity index is 0.000000538. The first-order chi connectivity index (χ1) is 17.4. The molecule has 0 unspecified atom stereocenters. The van der Waals surface area contributed by atoms with Crippen LogP contribution in [0.15, 0.2) is 47.4 Å². The molecule has 0 amide bonds. The number of nitrogens with one attached hydrogen (secondary N) is 1. The zero-order valence-electron chi connectivity index (χ0n) is 20.6. The topological polar surface area (TPSA) is 129 Å². The minimum atomic E-state index is -1.82. The van der Waals surface area contributed by atoms with E-state index in [1.807, 2.05) is 18.2 Å². The van der Waals surface area contributed by atoms with E-state index < -0.39 is 11.9 Å². The van der Waals surface area contributed by atoms with Gasteiger partial charge in [-0.2, -0.15) is 0 Å². The Bertz CT molecular complexity index is 1010. The van der Waals surface area contributed by atoms with Crippen LogP contribution in [0.1, 0.15) is 56.1 Å². The maximum Gasteiger partial charge on any atom is 0.414 e. The number of carboxylic acid groups (broad SMARTS) is 2. The van der Waals surface area contributed by atoms with E-state index in [0.29, 0.717) is 19.1 Å². The number of para-hydroxylation sites is 1. The summed E-state index contributed by atoms with van der Waals surface area (Å²) in [6.07, 6.45) is 10.6. The standard InChI is InChI=1S/C25H34N2O3.C2H2O4/c28-25-21(10-6-14-26-25)17-27-15-12-23(13-16-27)29-19-22-9-4-5-11-24(22)30-18-20-7-2-1-3-8-20;3-1(4)2(5)6/h4-6,9-11,14,20,23H,1-3,7-8,12-13,15-19H2,(H,26,28);(H,3,4)(H,5,6). The lowest BCUT2D eigenvalue weighted by atomic mass is 9.90. The first-order valence-corrected chi connectivity index (χ1v) is 12.6. The molecule has 1 aromatic heterocycles. The summed E-state index contributed by atoms with van der Waals surface area (Å²) >= 11 is 0. The third kappa shape index (κ3) is 9.13. The molecule has 4 rings (SSSR count). The van der Waals surface area contributed by atoms with Gasteiger partial charge < -0.3 is 24.7 Å². The second kappa shape index (κ2) is 14.4. The van der Waals surface area contributed by atoms with Gasteiger partial charge in [0.15, 0.2) is 0 Å². The molecule has 2 heterocycles. The number of hydrogen-bond donors (Lipinski definition) is 3. The summed E-state index contributed by atoms with van der Waals surface area (Å²) in [5, 5.41) is 14.8. The Morgan fingerprint density at radius 2 is 1.58 bits per heavy atom. The van der Waals surface area contributed by atoms with Crippen LogP contribution in [0.5, 0.6) is 5.75 Å². The number of benzene rings is 1. The normalized spacial score (nSPS) is 17.1. The summed E-state index contributed by atoms with van der Waals surface area (Å²) in [6.45, 7) is 4.05. The van der Waals surface area contributed by atoms with Crippen molar-refractivity contribution in [1.82, 2.24) is 9.88 Å². The van der Waals surface area contributed by atoms with E-state index >= 15 is 0 Å². The van der Waals surface area contributed by atoms with Gasteiger partial charge in [-0.25, -0.2) is 9.59 Å². The first kappa shape index (κ1) is 27.4. The monoisotopic (exact) mass is 500 g/mol. The highest BCUT2D eigenvalue weighted by molar-refractivity contribution is 6.27.